The van der Waals surface area contributed by atoms with E-state index in [9.17, 15) is 0 Å². The van der Waals surface area contributed by atoms with Crippen LogP contribution in [0, 0.1) is 39.6 Å². The van der Waals surface area contributed by atoms with E-state index in [0.29, 0.717) is 11.5 Å². The van der Waals surface area contributed by atoms with Gasteiger partial charge in [0.25, 0.3) is 0 Å². The van der Waals surface area contributed by atoms with E-state index in [1.807, 2.05) is 35.7 Å². The second kappa shape index (κ2) is 11.7. The predicted octanol–water partition coefficient (Wildman–Crippen LogP) is 11.7. The molecule has 0 saturated carbocycles. The molecule has 9 aromatic rings. The van der Waals surface area contributed by atoms with Crippen LogP contribution in [0.3, 0.4) is 0 Å². The van der Waals surface area contributed by atoms with Gasteiger partial charge in [0.05, 0.1) is 5.65 Å². The monoisotopic (exact) mass is 844 g/mol. The molecule has 0 bridgehead atoms. The summed E-state index contributed by atoms with van der Waals surface area (Å²) in [6.07, 6.45) is 3.92. The van der Waals surface area contributed by atoms with E-state index in [1.165, 1.54) is 53.5 Å². The summed E-state index contributed by atoms with van der Waals surface area (Å²) in [6, 6.07) is 43.3. The Morgan fingerprint density at radius 1 is 0.700 bits per heavy atom. The van der Waals surface area contributed by atoms with Crippen molar-refractivity contribution in [2.24, 2.45) is 0 Å². The molecular weight excluding hydrogens is 816 g/mol. The van der Waals surface area contributed by atoms with Gasteiger partial charge in [-0.3, -0.25) is 4.98 Å². The normalized spacial score (nSPS) is 12.8. The van der Waals surface area contributed by atoms with Crippen molar-refractivity contribution in [2.45, 2.75) is 20.8 Å². The largest absolute Gasteiger partial charge is 0.503 e. The summed E-state index contributed by atoms with van der Waals surface area (Å²) in [7, 11) is 0. The van der Waals surface area contributed by atoms with Gasteiger partial charge in [0, 0.05) is 87.7 Å². The van der Waals surface area contributed by atoms with E-state index in [4.69, 9.17) is 9.72 Å². The van der Waals surface area contributed by atoms with Crippen LogP contribution in [0.15, 0.2) is 116 Å². The molecule has 1 aliphatic heterocycles. The molecule has 0 fully saturated rings. The minimum atomic E-state index is 0. The smallest absolute Gasteiger partial charge is 0.0610 e. The molecule has 0 unspecified atom stereocenters. The molecule has 6 aromatic carbocycles. The first kappa shape index (κ1) is 30.9. The van der Waals surface area contributed by atoms with Crippen LogP contribution in [0.4, 0.5) is 22.7 Å². The molecular formula is C43H29N4OPtS-3. The predicted molar refractivity (Wildman–Crippen MR) is 203 cm³/mol. The third-order valence-corrected chi connectivity index (χ3v) is 10.7. The minimum absolute atomic E-state index is 0. The zero-order valence-corrected chi connectivity index (χ0v) is 30.6. The maximum Gasteiger partial charge on any atom is 0.0610 e. The number of pyridine rings is 1. The maximum absolute atomic E-state index is 6.49. The SMILES string of the molecule is Cc1cc(C)c(N2[CH-]N(c3[c-]c(Oc4[c-]c5c(cc4)c4ccc6sc7ccccc7c6c4n4ccnc54)ccc3)c3ccccc32)c(C)c1.[Pt]. The Kier molecular flexibility index (Phi) is 7.24. The Morgan fingerprint density at radius 2 is 1.44 bits per heavy atom. The first-order chi connectivity index (χ1) is 24.0. The van der Waals surface area contributed by atoms with Gasteiger partial charge in [-0.05, 0) is 61.5 Å². The van der Waals surface area contributed by atoms with E-state index in [0.717, 1.165) is 33.5 Å². The molecule has 0 spiro atoms. The summed E-state index contributed by atoms with van der Waals surface area (Å²) in [5.41, 5.74) is 10.1. The summed E-state index contributed by atoms with van der Waals surface area (Å²) in [5, 5.41) is 5.72. The van der Waals surface area contributed by atoms with Crippen molar-refractivity contribution < 1.29 is 25.8 Å². The summed E-state index contributed by atoms with van der Waals surface area (Å²) in [6.45, 7) is 8.66. The average Bonchev–Trinajstić information content (AvgIpc) is 3.84. The van der Waals surface area contributed by atoms with Crippen molar-refractivity contribution in [1.29, 1.82) is 0 Å². The van der Waals surface area contributed by atoms with Crippen LogP contribution in [-0.2, 0) is 21.1 Å². The number of nitrogens with zero attached hydrogens (tertiary/aromatic N) is 4. The zero-order valence-electron chi connectivity index (χ0n) is 27.5. The summed E-state index contributed by atoms with van der Waals surface area (Å²) in [5.74, 6) is 1.23. The molecule has 7 heteroatoms. The number of thiophene rings is 1. The Labute approximate surface area is 308 Å². The van der Waals surface area contributed by atoms with Crippen molar-refractivity contribution in [3.8, 4) is 11.5 Å². The molecule has 4 heterocycles. The quantitative estimate of drug-likeness (QED) is 0.131. The van der Waals surface area contributed by atoms with Crippen LogP contribution < -0.4 is 14.5 Å². The second-order valence-electron chi connectivity index (χ2n) is 12.8. The number of aryl methyl sites for hydroxylation is 3. The average molecular weight is 845 g/mol. The van der Waals surface area contributed by atoms with E-state index < -0.39 is 0 Å². The summed E-state index contributed by atoms with van der Waals surface area (Å²) >= 11 is 1.83. The second-order valence-corrected chi connectivity index (χ2v) is 13.8. The number of para-hydroxylation sites is 2. The van der Waals surface area contributed by atoms with Crippen LogP contribution in [0.2, 0.25) is 0 Å². The molecule has 0 atom stereocenters. The first-order valence-electron chi connectivity index (χ1n) is 16.4. The molecule has 0 amide bonds. The van der Waals surface area contributed by atoms with Crippen molar-refractivity contribution in [3.63, 3.8) is 0 Å². The van der Waals surface area contributed by atoms with Crippen LogP contribution in [0.25, 0.3) is 47.5 Å². The van der Waals surface area contributed by atoms with E-state index >= 15 is 0 Å². The van der Waals surface area contributed by atoms with E-state index in [1.54, 1.807) is 0 Å². The number of benzene rings is 6. The fraction of sp³-hybridized carbons (Fsp3) is 0.0698. The molecule has 3 aromatic heterocycles. The van der Waals surface area contributed by atoms with E-state index in [2.05, 4.69) is 145 Å². The Morgan fingerprint density at radius 3 is 2.28 bits per heavy atom. The molecule has 50 heavy (non-hydrogen) atoms. The molecule has 0 radical (unpaired) electrons. The molecule has 0 N–H and O–H groups in total. The molecule has 10 rings (SSSR count). The van der Waals surface area contributed by atoms with Crippen LogP contribution in [-0.4, -0.2) is 9.38 Å². The van der Waals surface area contributed by atoms with Crippen LogP contribution in [0.5, 0.6) is 11.5 Å². The summed E-state index contributed by atoms with van der Waals surface area (Å²) < 4.78 is 11.3. The number of hydrogen-bond acceptors (Lipinski definition) is 5. The molecule has 0 saturated heterocycles. The topological polar surface area (TPSA) is 33.0 Å². The first-order valence-corrected chi connectivity index (χ1v) is 17.2. The molecule has 0 aliphatic carbocycles. The third-order valence-electron chi connectivity index (χ3n) is 9.57. The molecule has 5 nitrogen and oxygen atoms in total. The van der Waals surface area contributed by atoms with E-state index in [-0.39, 0.29) is 21.1 Å². The standard InChI is InChI=1S/C43H29N4OS.Pt/c1-26-21-27(2)41(28(3)22-26)47-25-46(36-12-5-6-13-37(36)47)29-9-8-10-30(23-29)48-31-15-16-32-33-17-18-39-40(34-11-4-7-14-38(34)49-39)42(33)45-20-19-44-43(45)35(32)24-31;/h4-22,25H,1-3H3;/q-3;. The van der Waals surface area contributed by atoms with Gasteiger partial charge in [0.15, 0.2) is 0 Å². The Bertz CT molecular complexity index is 2780. The van der Waals surface area contributed by atoms with Gasteiger partial charge in [0.2, 0.25) is 0 Å². The number of anilines is 4. The maximum atomic E-state index is 6.49. The van der Waals surface area contributed by atoms with Crippen LogP contribution >= 0.6 is 11.3 Å². The number of hydrogen-bond donors (Lipinski definition) is 0. The Balaban J connectivity index is 0.00000336. The van der Waals surface area contributed by atoms with Gasteiger partial charge < -0.3 is 18.9 Å². The van der Waals surface area contributed by atoms with Crippen molar-refractivity contribution in [2.75, 3.05) is 9.80 Å². The fourth-order valence-electron chi connectivity index (χ4n) is 7.66. The number of ether oxygens (including phenoxy) is 1. The minimum Gasteiger partial charge on any atom is -0.503 e. The number of aromatic nitrogens is 2. The number of rotatable bonds is 4. The molecule has 246 valence electrons. The van der Waals surface area contributed by atoms with Crippen molar-refractivity contribution >= 4 is 81.6 Å². The van der Waals surface area contributed by atoms with Gasteiger partial charge in [-0.25, -0.2) is 0 Å². The van der Waals surface area contributed by atoms with Gasteiger partial charge in [-0.2, -0.15) is 6.07 Å². The number of imidazole rings is 1. The van der Waals surface area contributed by atoms with Gasteiger partial charge in [0.1, 0.15) is 0 Å². The van der Waals surface area contributed by atoms with Crippen molar-refractivity contribution in [1.82, 2.24) is 9.38 Å². The third kappa shape index (κ3) is 4.66. The number of fused-ring (bicyclic) bond motifs is 11. The summed E-state index contributed by atoms with van der Waals surface area (Å²) in [4.78, 5) is 9.27. The Hall–Kier alpha value is -5.16. The van der Waals surface area contributed by atoms with Gasteiger partial charge in [-0.15, -0.1) is 54.0 Å². The van der Waals surface area contributed by atoms with Crippen LogP contribution in [0.1, 0.15) is 16.7 Å². The fourth-order valence-corrected chi connectivity index (χ4v) is 8.77. The zero-order chi connectivity index (χ0) is 32.8. The molecule has 1 aliphatic rings. The van der Waals surface area contributed by atoms with Crippen molar-refractivity contribution in [3.05, 3.63) is 151 Å². The van der Waals surface area contributed by atoms with Gasteiger partial charge >= 0.3 is 0 Å². The van der Waals surface area contributed by atoms with Gasteiger partial charge in [-0.1, -0.05) is 70.9 Å².